The molecule has 6 nitrogen and oxygen atoms in total. The second-order valence-electron chi connectivity index (χ2n) is 3.69. The molecule has 1 aromatic carbocycles. The maximum atomic E-state index is 11.0. The Morgan fingerprint density at radius 3 is 2.61 bits per heavy atom. The van der Waals surface area contributed by atoms with Crippen molar-refractivity contribution in [2.24, 2.45) is 0 Å². The Labute approximate surface area is 109 Å². The first-order valence-electron chi connectivity index (χ1n) is 5.02. The fourth-order valence-electron chi connectivity index (χ4n) is 1.25. The van der Waals surface area contributed by atoms with Crippen LogP contribution < -0.4 is 0 Å². The highest BCUT2D eigenvalue weighted by Crippen LogP contribution is 2.26. The van der Waals surface area contributed by atoms with Gasteiger partial charge in [-0.3, -0.25) is 10.1 Å². The standard InChI is InChI=1S/C10H13NO5S2/c1-18(15,16)5-4-17-10-3-2-9(11(13)14)6-8(10)7-12/h2-3,6,12H,4-5,7H2,1H3. The van der Waals surface area contributed by atoms with Gasteiger partial charge in [-0.25, -0.2) is 8.42 Å². The zero-order valence-electron chi connectivity index (χ0n) is 9.70. The third-order valence-corrected chi connectivity index (χ3v) is 4.46. The molecule has 1 aromatic rings. The van der Waals surface area contributed by atoms with Crippen LogP contribution in [0.1, 0.15) is 5.56 Å². The van der Waals surface area contributed by atoms with Crippen LogP contribution in [0.5, 0.6) is 0 Å². The van der Waals surface area contributed by atoms with E-state index in [1.807, 2.05) is 0 Å². The van der Waals surface area contributed by atoms with Crippen LogP contribution in [0.2, 0.25) is 0 Å². The Balaban J connectivity index is 2.80. The van der Waals surface area contributed by atoms with Gasteiger partial charge in [-0.2, -0.15) is 0 Å². The first-order valence-corrected chi connectivity index (χ1v) is 8.07. The largest absolute Gasteiger partial charge is 0.392 e. The van der Waals surface area contributed by atoms with Gasteiger partial charge >= 0.3 is 0 Å². The Hall–Kier alpha value is -1.12. The summed E-state index contributed by atoms with van der Waals surface area (Å²) < 4.78 is 21.9. The van der Waals surface area contributed by atoms with E-state index < -0.39 is 14.8 Å². The molecule has 0 radical (unpaired) electrons. The molecule has 0 saturated carbocycles. The van der Waals surface area contributed by atoms with Gasteiger partial charge in [-0.1, -0.05) is 0 Å². The lowest BCUT2D eigenvalue weighted by Gasteiger charge is -2.06. The van der Waals surface area contributed by atoms with E-state index in [-0.39, 0.29) is 18.0 Å². The van der Waals surface area contributed by atoms with Crippen LogP contribution in [0, 0.1) is 10.1 Å². The van der Waals surface area contributed by atoms with Gasteiger partial charge in [-0.05, 0) is 11.6 Å². The third-order valence-electron chi connectivity index (χ3n) is 2.14. The van der Waals surface area contributed by atoms with Gasteiger partial charge in [0.05, 0.1) is 17.3 Å². The lowest BCUT2D eigenvalue weighted by atomic mass is 10.2. The molecule has 0 amide bonds. The predicted octanol–water partition coefficient (Wildman–Crippen LogP) is 1.22. The van der Waals surface area contributed by atoms with Gasteiger partial charge in [0.1, 0.15) is 9.84 Å². The maximum Gasteiger partial charge on any atom is 0.269 e. The molecule has 100 valence electrons. The highest BCUT2D eigenvalue weighted by molar-refractivity contribution is 8.00. The summed E-state index contributed by atoms with van der Waals surface area (Å²) in [5.41, 5.74) is 0.342. The number of nitrogens with zero attached hydrogens (tertiary/aromatic N) is 1. The van der Waals surface area contributed by atoms with Crippen molar-refractivity contribution in [3.05, 3.63) is 33.9 Å². The first-order chi connectivity index (χ1) is 8.33. The lowest BCUT2D eigenvalue weighted by Crippen LogP contribution is -2.05. The molecule has 0 aliphatic carbocycles. The van der Waals surface area contributed by atoms with Crippen molar-refractivity contribution < 1.29 is 18.4 Å². The number of hydrogen-bond donors (Lipinski definition) is 1. The fraction of sp³-hybridized carbons (Fsp3) is 0.400. The van der Waals surface area contributed by atoms with Crippen LogP contribution in [0.3, 0.4) is 0 Å². The Bertz CT molecular complexity index is 541. The lowest BCUT2D eigenvalue weighted by molar-refractivity contribution is -0.385. The van der Waals surface area contributed by atoms with E-state index in [9.17, 15) is 18.5 Å². The fourth-order valence-corrected chi connectivity index (χ4v) is 3.48. The molecule has 0 aliphatic heterocycles. The van der Waals surface area contributed by atoms with Crippen molar-refractivity contribution in [1.29, 1.82) is 0 Å². The van der Waals surface area contributed by atoms with Crippen molar-refractivity contribution in [3.63, 3.8) is 0 Å². The number of sulfone groups is 1. The second-order valence-corrected chi connectivity index (χ2v) is 7.08. The zero-order chi connectivity index (χ0) is 13.8. The van der Waals surface area contributed by atoms with E-state index in [0.29, 0.717) is 16.2 Å². The van der Waals surface area contributed by atoms with Gasteiger partial charge in [0.2, 0.25) is 0 Å². The normalized spacial score (nSPS) is 11.4. The van der Waals surface area contributed by atoms with Crippen molar-refractivity contribution >= 4 is 27.3 Å². The van der Waals surface area contributed by atoms with Crippen LogP contribution in [-0.2, 0) is 16.4 Å². The first kappa shape index (κ1) is 14.9. The molecule has 0 saturated heterocycles. The molecular formula is C10H13NO5S2. The predicted molar refractivity (Wildman–Crippen MR) is 69.5 cm³/mol. The molecule has 0 aromatic heterocycles. The van der Waals surface area contributed by atoms with Crippen molar-refractivity contribution in [2.75, 3.05) is 17.8 Å². The molecule has 18 heavy (non-hydrogen) atoms. The quantitative estimate of drug-likeness (QED) is 0.481. The molecule has 0 aliphatic rings. The summed E-state index contributed by atoms with van der Waals surface area (Å²) in [7, 11) is -3.03. The molecule has 0 bridgehead atoms. The molecule has 0 unspecified atom stereocenters. The van der Waals surface area contributed by atoms with Crippen LogP contribution in [0.15, 0.2) is 23.1 Å². The van der Waals surface area contributed by atoms with Gasteiger partial charge in [0.15, 0.2) is 0 Å². The minimum Gasteiger partial charge on any atom is -0.392 e. The number of rotatable bonds is 6. The van der Waals surface area contributed by atoms with E-state index >= 15 is 0 Å². The molecular weight excluding hydrogens is 278 g/mol. The van der Waals surface area contributed by atoms with E-state index in [1.54, 1.807) is 0 Å². The molecule has 0 fully saturated rings. The average Bonchev–Trinajstić information content (AvgIpc) is 2.27. The SMILES string of the molecule is CS(=O)(=O)CCSc1ccc([N+](=O)[O-])cc1CO. The number of aliphatic hydroxyl groups is 1. The molecule has 0 atom stereocenters. The average molecular weight is 291 g/mol. The summed E-state index contributed by atoms with van der Waals surface area (Å²) >= 11 is 1.26. The summed E-state index contributed by atoms with van der Waals surface area (Å²) in [5.74, 6) is 0.378. The van der Waals surface area contributed by atoms with E-state index in [1.165, 1.54) is 30.0 Å². The molecule has 0 heterocycles. The minimum absolute atomic E-state index is 0.0273. The summed E-state index contributed by atoms with van der Waals surface area (Å²) in [4.78, 5) is 10.7. The highest BCUT2D eigenvalue weighted by atomic mass is 32.2. The number of hydrogen-bond acceptors (Lipinski definition) is 6. The zero-order valence-corrected chi connectivity index (χ0v) is 11.3. The topological polar surface area (TPSA) is 97.5 Å². The molecule has 0 spiro atoms. The number of benzene rings is 1. The van der Waals surface area contributed by atoms with Crippen molar-refractivity contribution in [2.45, 2.75) is 11.5 Å². The summed E-state index contributed by atoms with van der Waals surface area (Å²) in [6.45, 7) is -0.317. The number of non-ortho nitro benzene ring substituents is 1. The monoisotopic (exact) mass is 291 g/mol. The third kappa shape index (κ3) is 4.63. The van der Waals surface area contributed by atoms with Crippen LogP contribution in [0.25, 0.3) is 0 Å². The number of nitro benzene ring substituents is 1. The highest BCUT2D eigenvalue weighted by Gasteiger charge is 2.11. The van der Waals surface area contributed by atoms with Crippen molar-refractivity contribution in [3.8, 4) is 0 Å². The molecule has 8 heteroatoms. The molecule has 1 N–H and O–H groups in total. The van der Waals surface area contributed by atoms with Crippen molar-refractivity contribution in [1.82, 2.24) is 0 Å². The van der Waals surface area contributed by atoms with E-state index in [0.717, 1.165) is 6.26 Å². The number of thioether (sulfide) groups is 1. The smallest absolute Gasteiger partial charge is 0.269 e. The van der Waals surface area contributed by atoms with Crippen LogP contribution >= 0.6 is 11.8 Å². The second kappa shape index (κ2) is 6.17. The summed E-state index contributed by atoms with van der Waals surface area (Å²) in [6.07, 6.45) is 1.15. The molecule has 1 rings (SSSR count). The Kier molecular flexibility index (Phi) is 5.12. The Morgan fingerprint density at radius 2 is 2.11 bits per heavy atom. The van der Waals surface area contributed by atoms with E-state index in [2.05, 4.69) is 0 Å². The number of nitro groups is 1. The van der Waals surface area contributed by atoms with Gasteiger partial charge in [0.25, 0.3) is 5.69 Å². The summed E-state index contributed by atoms with van der Waals surface area (Å²) in [6, 6.07) is 4.15. The summed E-state index contributed by atoms with van der Waals surface area (Å²) in [5, 5.41) is 19.7. The van der Waals surface area contributed by atoms with Crippen LogP contribution in [-0.4, -0.2) is 36.2 Å². The number of aliphatic hydroxyl groups excluding tert-OH is 1. The van der Waals surface area contributed by atoms with Gasteiger partial charge in [-0.15, -0.1) is 11.8 Å². The van der Waals surface area contributed by atoms with Crippen LogP contribution in [0.4, 0.5) is 5.69 Å². The Morgan fingerprint density at radius 1 is 1.44 bits per heavy atom. The van der Waals surface area contributed by atoms with Gasteiger partial charge < -0.3 is 5.11 Å². The van der Waals surface area contributed by atoms with E-state index in [4.69, 9.17) is 5.11 Å². The maximum absolute atomic E-state index is 11.0. The minimum atomic E-state index is -3.03. The van der Waals surface area contributed by atoms with Gasteiger partial charge in [0, 0.05) is 29.0 Å².